The van der Waals surface area contributed by atoms with Crippen molar-refractivity contribution in [2.24, 2.45) is 0 Å². The molecular weight excluding hydrogens is 216 g/mol. The molecule has 5 nitrogen and oxygen atoms in total. The first-order valence-electron chi connectivity index (χ1n) is 6.58. The summed E-state index contributed by atoms with van der Waals surface area (Å²) < 4.78 is 5.26. The third-order valence-electron chi connectivity index (χ3n) is 3.13. The number of nitrogens with zero attached hydrogens (tertiary/aromatic N) is 3. The van der Waals surface area contributed by atoms with E-state index in [-0.39, 0.29) is 0 Å². The molecule has 1 aromatic rings. The van der Waals surface area contributed by atoms with Crippen LogP contribution in [0.2, 0.25) is 0 Å². The van der Waals surface area contributed by atoms with E-state index in [1.165, 1.54) is 19.3 Å². The quantitative estimate of drug-likeness (QED) is 0.846. The highest BCUT2D eigenvalue weighted by molar-refractivity contribution is 5.25. The molecule has 1 unspecified atom stereocenters. The van der Waals surface area contributed by atoms with E-state index in [9.17, 15) is 0 Å². The summed E-state index contributed by atoms with van der Waals surface area (Å²) in [6.45, 7) is 7.10. The third kappa shape index (κ3) is 3.43. The van der Waals surface area contributed by atoms with Crippen molar-refractivity contribution in [2.45, 2.75) is 45.6 Å². The number of aromatic nitrogens is 2. The Balaban J connectivity index is 1.96. The lowest BCUT2D eigenvalue weighted by atomic mass is 10.0. The van der Waals surface area contributed by atoms with Crippen molar-refractivity contribution < 1.29 is 4.52 Å². The van der Waals surface area contributed by atoms with Crippen LogP contribution in [0.3, 0.4) is 0 Å². The molecule has 0 amide bonds. The van der Waals surface area contributed by atoms with E-state index < -0.39 is 0 Å². The van der Waals surface area contributed by atoms with E-state index in [4.69, 9.17) is 4.52 Å². The highest BCUT2D eigenvalue weighted by Crippen LogP contribution is 2.15. The second kappa shape index (κ2) is 6.00. The van der Waals surface area contributed by atoms with Crippen LogP contribution in [0.25, 0.3) is 0 Å². The van der Waals surface area contributed by atoms with Crippen LogP contribution in [0.15, 0.2) is 4.52 Å². The zero-order valence-electron chi connectivity index (χ0n) is 10.8. The Hall–Kier alpha value is -1.10. The zero-order valence-corrected chi connectivity index (χ0v) is 10.8. The summed E-state index contributed by atoms with van der Waals surface area (Å²) in [5, 5.41) is 7.42. The van der Waals surface area contributed by atoms with Crippen molar-refractivity contribution in [3.63, 3.8) is 0 Å². The standard InChI is InChI=1S/C12H22N4O/c1-3-8-16(12-14-10(2)15-17-12)9-11-6-4-5-7-13-11/h11,13H,3-9H2,1-2H3. The maximum atomic E-state index is 5.26. The zero-order chi connectivity index (χ0) is 12.1. The maximum Gasteiger partial charge on any atom is 0.324 e. The van der Waals surface area contributed by atoms with Crippen LogP contribution in [0.1, 0.15) is 38.4 Å². The van der Waals surface area contributed by atoms with Gasteiger partial charge in [-0.1, -0.05) is 18.5 Å². The van der Waals surface area contributed by atoms with Crippen LogP contribution in [0.5, 0.6) is 0 Å². The molecule has 17 heavy (non-hydrogen) atoms. The van der Waals surface area contributed by atoms with Crippen LogP contribution in [-0.2, 0) is 0 Å². The molecule has 96 valence electrons. The topological polar surface area (TPSA) is 54.2 Å². The minimum atomic E-state index is 0.558. The molecule has 1 aliphatic rings. The first-order chi connectivity index (χ1) is 8.29. The average molecular weight is 238 g/mol. The van der Waals surface area contributed by atoms with Gasteiger partial charge in [-0.25, -0.2) is 0 Å². The van der Waals surface area contributed by atoms with Crippen molar-refractivity contribution >= 4 is 6.01 Å². The fourth-order valence-electron chi connectivity index (χ4n) is 2.30. The molecule has 1 atom stereocenters. The molecule has 0 radical (unpaired) electrons. The predicted molar refractivity (Wildman–Crippen MR) is 67.2 cm³/mol. The van der Waals surface area contributed by atoms with Gasteiger partial charge < -0.3 is 14.7 Å². The number of nitrogens with one attached hydrogen (secondary N) is 1. The molecule has 0 aliphatic carbocycles. The molecule has 1 N–H and O–H groups in total. The van der Waals surface area contributed by atoms with E-state index in [0.717, 1.165) is 26.1 Å². The van der Waals surface area contributed by atoms with Crippen molar-refractivity contribution in [1.29, 1.82) is 0 Å². The van der Waals surface area contributed by atoms with Crippen LogP contribution in [0.4, 0.5) is 6.01 Å². The lowest BCUT2D eigenvalue weighted by molar-refractivity contribution is 0.372. The summed E-state index contributed by atoms with van der Waals surface area (Å²) in [6.07, 6.45) is 4.95. The normalized spacial score (nSPS) is 20.5. The highest BCUT2D eigenvalue weighted by atomic mass is 16.5. The lowest BCUT2D eigenvalue weighted by Crippen LogP contribution is -2.44. The Morgan fingerprint density at radius 1 is 1.47 bits per heavy atom. The second-order valence-electron chi connectivity index (χ2n) is 4.72. The Kier molecular flexibility index (Phi) is 4.36. The summed E-state index contributed by atoms with van der Waals surface area (Å²) in [4.78, 5) is 6.51. The largest absolute Gasteiger partial charge is 0.324 e. The molecule has 0 bridgehead atoms. The number of piperidine rings is 1. The number of hydrogen-bond donors (Lipinski definition) is 1. The molecule has 0 saturated carbocycles. The van der Waals surface area contributed by atoms with Gasteiger partial charge in [0.05, 0.1) is 0 Å². The number of hydrogen-bond acceptors (Lipinski definition) is 5. The average Bonchev–Trinajstić information content (AvgIpc) is 2.77. The Bertz CT molecular complexity index is 333. The highest BCUT2D eigenvalue weighted by Gasteiger charge is 2.19. The van der Waals surface area contributed by atoms with E-state index in [2.05, 4.69) is 27.3 Å². The Morgan fingerprint density at radius 2 is 2.35 bits per heavy atom. The van der Waals surface area contributed by atoms with Crippen molar-refractivity contribution in [3.8, 4) is 0 Å². The summed E-state index contributed by atoms with van der Waals surface area (Å²) in [7, 11) is 0. The van der Waals surface area contributed by atoms with Gasteiger partial charge in [-0.15, -0.1) is 0 Å². The maximum absolute atomic E-state index is 5.26. The summed E-state index contributed by atoms with van der Waals surface area (Å²) in [6, 6.07) is 1.22. The van der Waals surface area contributed by atoms with E-state index in [1.807, 2.05) is 6.92 Å². The molecule has 1 fully saturated rings. The number of rotatable bonds is 5. The molecule has 2 rings (SSSR count). The summed E-state index contributed by atoms with van der Waals surface area (Å²) in [5.41, 5.74) is 0. The first-order valence-corrected chi connectivity index (χ1v) is 6.58. The molecule has 0 aromatic carbocycles. The summed E-state index contributed by atoms with van der Waals surface area (Å²) in [5.74, 6) is 0.706. The van der Waals surface area contributed by atoms with E-state index in [1.54, 1.807) is 0 Å². The van der Waals surface area contributed by atoms with Gasteiger partial charge in [0.25, 0.3) is 0 Å². The van der Waals surface area contributed by atoms with Gasteiger partial charge in [-0.3, -0.25) is 0 Å². The first kappa shape index (κ1) is 12.4. The molecule has 1 aromatic heterocycles. The summed E-state index contributed by atoms with van der Waals surface area (Å²) >= 11 is 0. The van der Waals surface area contributed by atoms with E-state index in [0.29, 0.717) is 17.9 Å². The molecule has 1 saturated heterocycles. The lowest BCUT2D eigenvalue weighted by Gasteiger charge is -2.29. The number of aryl methyl sites for hydroxylation is 1. The Morgan fingerprint density at radius 3 is 2.94 bits per heavy atom. The fourth-order valence-corrected chi connectivity index (χ4v) is 2.30. The Labute approximate surface area is 103 Å². The van der Waals surface area contributed by atoms with Gasteiger partial charge >= 0.3 is 6.01 Å². The van der Waals surface area contributed by atoms with E-state index >= 15 is 0 Å². The fraction of sp³-hybridized carbons (Fsp3) is 0.833. The molecule has 0 spiro atoms. The van der Waals surface area contributed by atoms with Gasteiger partial charge in [0.2, 0.25) is 0 Å². The monoisotopic (exact) mass is 238 g/mol. The minimum Gasteiger partial charge on any atom is -0.323 e. The smallest absolute Gasteiger partial charge is 0.323 e. The molecular formula is C12H22N4O. The SMILES string of the molecule is CCCN(CC1CCCCN1)c1nc(C)no1. The van der Waals surface area contributed by atoms with Crippen molar-refractivity contribution in [3.05, 3.63) is 5.82 Å². The second-order valence-corrected chi connectivity index (χ2v) is 4.72. The predicted octanol–water partition coefficient (Wildman–Crippen LogP) is 1.74. The van der Waals surface area contributed by atoms with Gasteiger partial charge in [0.15, 0.2) is 5.82 Å². The molecule has 5 heteroatoms. The van der Waals surface area contributed by atoms with Crippen LogP contribution < -0.4 is 10.2 Å². The van der Waals surface area contributed by atoms with Gasteiger partial charge in [-0.05, 0) is 32.7 Å². The molecule has 2 heterocycles. The van der Waals surface area contributed by atoms with Crippen molar-refractivity contribution in [2.75, 3.05) is 24.5 Å². The van der Waals surface area contributed by atoms with Crippen molar-refractivity contribution in [1.82, 2.24) is 15.5 Å². The molecule has 1 aliphatic heterocycles. The van der Waals surface area contributed by atoms with Crippen LogP contribution in [0, 0.1) is 6.92 Å². The van der Waals surface area contributed by atoms with Gasteiger partial charge in [0, 0.05) is 19.1 Å². The van der Waals surface area contributed by atoms with Gasteiger partial charge in [0.1, 0.15) is 0 Å². The van der Waals surface area contributed by atoms with Crippen LogP contribution >= 0.6 is 0 Å². The minimum absolute atomic E-state index is 0.558. The number of anilines is 1. The third-order valence-corrected chi connectivity index (χ3v) is 3.13. The van der Waals surface area contributed by atoms with Gasteiger partial charge in [-0.2, -0.15) is 4.98 Å². The van der Waals surface area contributed by atoms with Crippen LogP contribution in [-0.4, -0.2) is 35.8 Å².